The second-order valence-corrected chi connectivity index (χ2v) is 9.17. The Morgan fingerprint density at radius 2 is 0.759 bits per heavy atom. The molecule has 0 saturated carbocycles. The first kappa shape index (κ1) is 23.2. The van der Waals surface area contributed by atoms with Crippen LogP contribution in [0.15, 0.2) is 0 Å². The normalized spacial score (nSPS) is 11.5. The summed E-state index contributed by atoms with van der Waals surface area (Å²) in [4.78, 5) is 13.7. The zero-order valence-electron chi connectivity index (χ0n) is 20.6. The second-order valence-electron chi connectivity index (χ2n) is 9.17. The van der Waals surface area contributed by atoms with Gasteiger partial charge in [0.2, 0.25) is 5.91 Å². The van der Waals surface area contributed by atoms with E-state index in [9.17, 15) is 4.79 Å². The Balaban J connectivity index is 2.99. The summed E-state index contributed by atoms with van der Waals surface area (Å²) in [5.74, 6) is -0.198. The number of nitrogens with one attached hydrogen (secondary N) is 1. The van der Waals surface area contributed by atoms with Crippen molar-refractivity contribution >= 4 is 5.91 Å². The maximum absolute atomic E-state index is 13.7. The molecule has 2 heteroatoms. The van der Waals surface area contributed by atoms with E-state index < -0.39 is 0 Å². The lowest BCUT2D eigenvalue weighted by Crippen LogP contribution is -2.36. The van der Waals surface area contributed by atoms with Gasteiger partial charge < -0.3 is 5.32 Å². The summed E-state index contributed by atoms with van der Waals surface area (Å²) in [5.41, 5.74) is 15.1. The molecule has 0 spiro atoms. The third kappa shape index (κ3) is 3.86. The van der Waals surface area contributed by atoms with E-state index in [0.29, 0.717) is 0 Å². The largest absolute Gasteiger partial charge is 0.353 e. The number of hydrogen-bond donors (Lipinski definition) is 1. The van der Waals surface area contributed by atoms with Crippen LogP contribution in [0.4, 0.5) is 0 Å². The lowest BCUT2D eigenvalue weighted by molar-refractivity contribution is -0.122. The van der Waals surface area contributed by atoms with Crippen molar-refractivity contribution in [1.82, 2.24) is 5.32 Å². The van der Waals surface area contributed by atoms with Crippen molar-refractivity contribution in [3.8, 4) is 0 Å². The van der Waals surface area contributed by atoms with Crippen LogP contribution in [0, 0.1) is 69.2 Å². The number of hydrogen-bond acceptors (Lipinski definition) is 1. The highest BCUT2D eigenvalue weighted by atomic mass is 16.1. The Kier molecular flexibility index (Phi) is 6.67. The van der Waals surface area contributed by atoms with Crippen LogP contribution < -0.4 is 5.32 Å². The van der Waals surface area contributed by atoms with Crippen molar-refractivity contribution in [2.45, 2.75) is 95.0 Å². The molecule has 0 aliphatic carbocycles. The van der Waals surface area contributed by atoms with Gasteiger partial charge in [0.15, 0.2) is 0 Å². The molecule has 0 saturated heterocycles. The van der Waals surface area contributed by atoms with Crippen molar-refractivity contribution in [3.63, 3.8) is 0 Å². The lowest BCUT2D eigenvalue weighted by Gasteiger charge is -2.30. The molecular weight excluding hydrogens is 354 g/mol. The highest BCUT2D eigenvalue weighted by molar-refractivity contribution is 5.90. The van der Waals surface area contributed by atoms with E-state index in [4.69, 9.17) is 0 Å². The van der Waals surface area contributed by atoms with Gasteiger partial charge in [-0.3, -0.25) is 4.79 Å². The first-order valence-corrected chi connectivity index (χ1v) is 10.8. The lowest BCUT2D eigenvalue weighted by atomic mass is 9.75. The first-order chi connectivity index (χ1) is 13.3. The minimum absolute atomic E-state index is 0.0997. The maximum Gasteiger partial charge on any atom is 0.232 e. The number of carbonyl (C=O) groups is 1. The van der Waals surface area contributed by atoms with Crippen LogP contribution in [0.25, 0.3) is 0 Å². The molecule has 2 nitrogen and oxygen atoms in total. The summed E-state index contributed by atoms with van der Waals surface area (Å²) < 4.78 is 0. The summed E-state index contributed by atoms with van der Waals surface area (Å²) in [7, 11) is 0. The van der Waals surface area contributed by atoms with E-state index in [1.165, 1.54) is 66.8 Å². The van der Waals surface area contributed by atoms with Gasteiger partial charge in [0.05, 0.1) is 5.92 Å². The van der Waals surface area contributed by atoms with Crippen LogP contribution in [0.5, 0.6) is 0 Å². The van der Waals surface area contributed by atoms with Gasteiger partial charge in [-0.2, -0.15) is 0 Å². The molecule has 1 N–H and O–H groups in total. The van der Waals surface area contributed by atoms with Crippen molar-refractivity contribution in [2.75, 3.05) is 0 Å². The van der Waals surface area contributed by atoms with Crippen molar-refractivity contribution in [1.29, 1.82) is 0 Å². The zero-order chi connectivity index (χ0) is 22.4. The van der Waals surface area contributed by atoms with E-state index in [2.05, 4.69) is 74.6 Å². The Bertz CT molecular complexity index is 851. The molecule has 0 fully saturated rings. The molecule has 158 valence electrons. The fourth-order valence-corrected chi connectivity index (χ4v) is 4.70. The van der Waals surface area contributed by atoms with E-state index in [0.717, 1.165) is 0 Å². The molecule has 0 aliphatic heterocycles. The van der Waals surface area contributed by atoms with Crippen LogP contribution in [0.3, 0.4) is 0 Å². The molecule has 0 bridgehead atoms. The van der Waals surface area contributed by atoms with Gasteiger partial charge in [0.25, 0.3) is 0 Å². The van der Waals surface area contributed by atoms with Crippen LogP contribution in [0.1, 0.15) is 86.5 Å². The zero-order valence-corrected chi connectivity index (χ0v) is 20.6. The molecule has 1 amide bonds. The molecule has 0 aliphatic rings. The van der Waals surface area contributed by atoms with Gasteiger partial charge in [-0.25, -0.2) is 0 Å². The number of rotatable bonds is 4. The van der Waals surface area contributed by atoms with E-state index >= 15 is 0 Å². The SMILES string of the molecule is Cc1c(C)c(C)c(C(C(=O)NC(C)C)c2c(C)c(C)c(C)c(C)c2C)c(C)c1C. The Morgan fingerprint density at radius 1 is 0.517 bits per heavy atom. The summed E-state index contributed by atoms with van der Waals surface area (Å²) in [6.45, 7) is 25.9. The van der Waals surface area contributed by atoms with Gasteiger partial charge in [0.1, 0.15) is 0 Å². The quantitative estimate of drug-likeness (QED) is 0.637. The third-order valence-corrected chi connectivity index (χ3v) is 7.39. The molecular formula is C27H39NO. The molecule has 2 rings (SSSR count). The van der Waals surface area contributed by atoms with Crippen LogP contribution in [0.2, 0.25) is 0 Å². The van der Waals surface area contributed by atoms with Crippen molar-refractivity contribution in [3.05, 3.63) is 66.8 Å². The fraction of sp³-hybridized carbons (Fsp3) is 0.519. The van der Waals surface area contributed by atoms with Gasteiger partial charge >= 0.3 is 0 Å². The topological polar surface area (TPSA) is 29.1 Å². The van der Waals surface area contributed by atoms with Gasteiger partial charge in [0, 0.05) is 6.04 Å². The highest BCUT2D eigenvalue weighted by Crippen LogP contribution is 2.40. The molecule has 0 aromatic heterocycles. The second kappa shape index (κ2) is 8.34. The summed E-state index contributed by atoms with van der Waals surface area (Å²) in [6, 6.07) is 0.103. The van der Waals surface area contributed by atoms with Gasteiger partial charge in [-0.05, 0) is 150 Å². The molecule has 0 unspecified atom stereocenters. The van der Waals surface area contributed by atoms with Gasteiger partial charge in [-0.15, -0.1) is 0 Å². The van der Waals surface area contributed by atoms with Crippen molar-refractivity contribution in [2.24, 2.45) is 0 Å². The first-order valence-electron chi connectivity index (χ1n) is 10.8. The Labute approximate surface area is 178 Å². The summed E-state index contributed by atoms with van der Waals surface area (Å²) >= 11 is 0. The van der Waals surface area contributed by atoms with E-state index in [1.807, 2.05) is 13.8 Å². The Hall–Kier alpha value is -2.09. The average Bonchev–Trinajstić information content (AvgIpc) is 2.66. The van der Waals surface area contributed by atoms with E-state index in [-0.39, 0.29) is 17.9 Å². The van der Waals surface area contributed by atoms with Crippen LogP contribution in [-0.4, -0.2) is 11.9 Å². The predicted molar refractivity (Wildman–Crippen MR) is 125 cm³/mol. The summed E-state index contributed by atoms with van der Waals surface area (Å²) in [5, 5.41) is 3.22. The number of carbonyl (C=O) groups excluding carboxylic acids is 1. The number of amides is 1. The molecule has 0 heterocycles. The standard InChI is InChI=1S/C27H39NO/c1-13(2)28-27(29)26(24-20(9)16(5)14(3)17(6)21(24)10)25-22(11)18(7)15(4)19(8)23(25)12/h13,26H,1-12H3,(H,28,29). The monoisotopic (exact) mass is 393 g/mol. The molecule has 0 radical (unpaired) electrons. The minimum atomic E-state index is -0.298. The molecule has 2 aromatic carbocycles. The van der Waals surface area contributed by atoms with Gasteiger partial charge in [-0.1, -0.05) is 0 Å². The molecule has 2 aromatic rings. The smallest absolute Gasteiger partial charge is 0.232 e. The van der Waals surface area contributed by atoms with E-state index in [1.54, 1.807) is 0 Å². The minimum Gasteiger partial charge on any atom is -0.353 e. The molecule has 0 atom stereocenters. The summed E-state index contributed by atoms with van der Waals surface area (Å²) in [6.07, 6.45) is 0. The fourth-order valence-electron chi connectivity index (χ4n) is 4.70. The highest BCUT2D eigenvalue weighted by Gasteiger charge is 2.32. The third-order valence-electron chi connectivity index (χ3n) is 7.39. The number of benzene rings is 2. The van der Waals surface area contributed by atoms with Crippen molar-refractivity contribution < 1.29 is 4.79 Å². The van der Waals surface area contributed by atoms with Crippen LogP contribution >= 0.6 is 0 Å². The van der Waals surface area contributed by atoms with Crippen LogP contribution in [-0.2, 0) is 4.79 Å². The average molecular weight is 394 g/mol. The maximum atomic E-state index is 13.7. The Morgan fingerprint density at radius 3 is 1.00 bits per heavy atom. The molecule has 29 heavy (non-hydrogen) atoms. The predicted octanol–water partition coefficient (Wildman–Crippen LogP) is 6.43.